The molecule has 1 atom stereocenters. The van der Waals surface area contributed by atoms with Crippen LogP contribution in [0.2, 0.25) is 0 Å². The molecule has 3 rings (SSSR count). The molecule has 23 heavy (non-hydrogen) atoms. The molecule has 1 unspecified atom stereocenters. The monoisotopic (exact) mass is 322 g/mol. The molecule has 0 radical (unpaired) electrons. The SMILES string of the molecule is Cn1cnnc1CC1(O)CCCN(C(=O)COC2CCCC2)C1. The number of carbonyl (C=O) groups is 1. The van der Waals surface area contributed by atoms with Gasteiger partial charge in [-0.1, -0.05) is 12.8 Å². The van der Waals surface area contributed by atoms with Crippen LogP contribution >= 0.6 is 0 Å². The number of rotatable bonds is 5. The second-order valence-corrected chi connectivity index (χ2v) is 6.90. The molecule has 2 aliphatic rings. The maximum atomic E-state index is 12.4. The molecule has 1 saturated heterocycles. The molecule has 1 aromatic heterocycles. The normalized spacial score (nSPS) is 25.9. The number of amides is 1. The molecule has 0 aromatic carbocycles. The summed E-state index contributed by atoms with van der Waals surface area (Å²) in [6.45, 7) is 1.16. The Kier molecular flexibility index (Phi) is 4.96. The Labute approximate surface area is 136 Å². The Hall–Kier alpha value is -1.47. The molecule has 0 spiro atoms. The van der Waals surface area contributed by atoms with Crippen molar-refractivity contribution < 1.29 is 14.6 Å². The van der Waals surface area contributed by atoms with Gasteiger partial charge in [-0.15, -0.1) is 10.2 Å². The highest BCUT2D eigenvalue weighted by Crippen LogP contribution is 2.25. The van der Waals surface area contributed by atoms with Crippen LogP contribution in [-0.4, -0.2) is 62.1 Å². The number of carbonyl (C=O) groups excluding carboxylic acids is 1. The summed E-state index contributed by atoms with van der Waals surface area (Å²) in [6.07, 6.45) is 8.25. The number of hydrogen-bond donors (Lipinski definition) is 1. The molecule has 1 amide bonds. The number of hydrogen-bond acceptors (Lipinski definition) is 5. The molecule has 7 nitrogen and oxygen atoms in total. The van der Waals surface area contributed by atoms with E-state index in [0.29, 0.717) is 25.9 Å². The van der Waals surface area contributed by atoms with Crippen LogP contribution in [0.25, 0.3) is 0 Å². The van der Waals surface area contributed by atoms with Crippen molar-refractivity contribution in [3.63, 3.8) is 0 Å². The van der Waals surface area contributed by atoms with Crippen LogP contribution in [0.3, 0.4) is 0 Å². The van der Waals surface area contributed by atoms with E-state index in [1.54, 1.807) is 11.2 Å². The number of aliphatic hydroxyl groups is 1. The Bertz CT molecular complexity index is 541. The fraction of sp³-hybridized carbons (Fsp3) is 0.812. The van der Waals surface area contributed by atoms with Gasteiger partial charge in [0.15, 0.2) is 0 Å². The first kappa shape index (κ1) is 16.4. The molecule has 1 aromatic rings. The van der Waals surface area contributed by atoms with Crippen LogP contribution < -0.4 is 0 Å². The van der Waals surface area contributed by atoms with Crippen LogP contribution in [0.15, 0.2) is 6.33 Å². The third-order valence-corrected chi connectivity index (χ3v) is 4.95. The van der Waals surface area contributed by atoms with E-state index in [9.17, 15) is 9.90 Å². The number of likely N-dealkylation sites (tertiary alicyclic amines) is 1. The zero-order valence-electron chi connectivity index (χ0n) is 13.8. The lowest BCUT2D eigenvalue weighted by Gasteiger charge is -2.39. The number of β-amino-alcohol motifs (C(OH)–C–C–N with tert-alkyl or cyclic N) is 1. The summed E-state index contributed by atoms with van der Waals surface area (Å²) in [5.74, 6) is 0.719. The van der Waals surface area contributed by atoms with Crippen molar-refractivity contribution in [2.75, 3.05) is 19.7 Å². The topological polar surface area (TPSA) is 80.5 Å². The van der Waals surface area contributed by atoms with Gasteiger partial charge in [0.05, 0.1) is 11.7 Å². The van der Waals surface area contributed by atoms with Crippen LogP contribution in [-0.2, 0) is 23.0 Å². The van der Waals surface area contributed by atoms with Crippen LogP contribution in [0.5, 0.6) is 0 Å². The fourth-order valence-electron chi connectivity index (χ4n) is 3.57. The summed E-state index contributed by atoms with van der Waals surface area (Å²) in [5.41, 5.74) is -0.929. The lowest BCUT2D eigenvalue weighted by Crippen LogP contribution is -2.52. The number of piperidine rings is 1. The van der Waals surface area contributed by atoms with E-state index >= 15 is 0 Å². The molecule has 0 bridgehead atoms. The zero-order valence-corrected chi connectivity index (χ0v) is 13.8. The molecular formula is C16H26N4O3. The highest BCUT2D eigenvalue weighted by Gasteiger charge is 2.36. The number of aryl methyl sites for hydroxylation is 1. The first-order valence-electron chi connectivity index (χ1n) is 8.50. The lowest BCUT2D eigenvalue weighted by molar-refractivity contribution is -0.145. The summed E-state index contributed by atoms with van der Waals surface area (Å²) >= 11 is 0. The van der Waals surface area contributed by atoms with Crippen molar-refractivity contribution in [2.45, 2.75) is 56.7 Å². The highest BCUT2D eigenvalue weighted by atomic mass is 16.5. The quantitative estimate of drug-likeness (QED) is 0.862. The van der Waals surface area contributed by atoms with E-state index in [-0.39, 0.29) is 18.6 Å². The van der Waals surface area contributed by atoms with E-state index in [2.05, 4.69) is 10.2 Å². The van der Waals surface area contributed by atoms with E-state index in [0.717, 1.165) is 25.1 Å². The van der Waals surface area contributed by atoms with Gasteiger partial charge in [-0.05, 0) is 25.7 Å². The number of ether oxygens (including phenoxy) is 1. The van der Waals surface area contributed by atoms with E-state index in [1.807, 2.05) is 11.6 Å². The summed E-state index contributed by atoms with van der Waals surface area (Å²) in [6, 6.07) is 0. The average Bonchev–Trinajstić information content (AvgIpc) is 3.17. The smallest absolute Gasteiger partial charge is 0.248 e. The van der Waals surface area contributed by atoms with Crippen LogP contribution in [0, 0.1) is 0 Å². The second-order valence-electron chi connectivity index (χ2n) is 6.90. The van der Waals surface area contributed by atoms with Crippen molar-refractivity contribution in [2.24, 2.45) is 7.05 Å². The standard InChI is InChI=1S/C16H26N4O3/c1-19-12-17-18-14(19)9-16(22)7-4-8-20(11-16)15(21)10-23-13-5-2-3-6-13/h12-13,22H,2-11H2,1H3. The zero-order chi connectivity index (χ0) is 16.3. The molecule has 1 aliphatic heterocycles. The van der Waals surface area contributed by atoms with Gasteiger partial charge >= 0.3 is 0 Å². The number of nitrogens with zero attached hydrogens (tertiary/aromatic N) is 4. The van der Waals surface area contributed by atoms with Crippen LogP contribution in [0.4, 0.5) is 0 Å². The molecule has 2 heterocycles. The van der Waals surface area contributed by atoms with E-state index < -0.39 is 5.60 Å². The highest BCUT2D eigenvalue weighted by molar-refractivity contribution is 5.77. The molecule has 7 heteroatoms. The van der Waals surface area contributed by atoms with Gasteiger partial charge in [0.1, 0.15) is 18.8 Å². The number of aromatic nitrogens is 3. The van der Waals surface area contributed by atoms with Gasteiger partial charge in [0.2, 0.25) is 5.91 Å². The molecule has 1 aliphatic carbocycles. The summed E-state index contributed by atoms with van der Waals surface area (Å²) in [7, 11) is 1.86. The first-order valence-corrected chi connectivity index (χ1v) is 8.50. The molecular weight excluding hydrogens is 296 g/mol. The Morgan fingerprint density at radius 1 is 1.43 bits per heavy atom. The summed E-state index contributed by atoms with van der Waals surface area (Å²) in [5, 5.41) is 18.7. The van der Waals surface area contributed by atoms with Gasteiger partial charge < -0.3 is 19.3 Å². The minimum atomic E-state index is -0.929. The predicted molar refractivity (Wildman–Crippen MR) is 83.7 cm³/mol. The van der Waals surface area contributed by atoms with Crippen molar-refractivity contribution in [3.05, 3.63) is 12.2 Å². The van der Waals surface area contributed by atoms with Crippen molar-refractivity contribution >= 4 is 5.91 Å². The largest absolute Gasteiger partial charge is 0.388 e. The third kappa shape index (κ3) is 4.09. The second kappa shape index (κ2) is 6.97. The minimum Gasteiger partial charge on any atom is -0.388 e. The van der Waals surface area contributed by atoms with Crippen molar-refractivity contribution in [1.82, 2.24) is 19.7 Å². The predicted octanol–water partition coefficient (Wildman–Crippen LogP) is 0.670. The fourth-order valence-corrected chi connectivity index (χ4v) is 3.57. The Morgan fingerprint density at radius 3 is 2.91 bits per heavy atom. The maximum Gasteiger partial charge on any atom is 0.248 e. The van der Waals surface area contributed by atoms with Crippen LogP contribution in [0.1, 0.15) is 44.3 Å². The molecule has 1 N–H and O–H groups in total. The summed E-state index contributed by atoms with van der Waals surface area (Å²) in [4.78, 5) is 14.1. The van der Waals surface area contributed by atoms with Gasteiger partial charge in [0.25, 0.3) is 0 Å². The first-order chi connectivity index (χ1) is 11.1. The van der Waals surface area contributed by atoms with Gasteiger partial charge in [-0.2, -0.15) is 0 Å². The van der Waals surface area contributed by atoms with Crippen molar-refractivity contribution in [1.29, 1.82) is 0 Å². The summed E-state index contributed by atoms with van der Waals surface area (Å²) < 4.78 is 7.52. The Morgan fingerprint density at radius 2 is 2.22 bits per heavy atom. The average molecular weight is 322 g/mol. The maximum absolute atomic E-state index is 12.4. The van der Waals surface area contributed by atoms with Gasteiger partial charge in [0, 0.05) is 26.6 Å². The third-order valence-electron chi connectivity index (χ3n) is 4.95. The molecule has 128 valence electrons. The Balaban J connectivity index is 1.54. The van der Waals surface area contributed by atoms with E-state index in [4.69, 9.17) is 4.74 Å². The minimum absolute atomic E-state index is 0.0204. The van der Waals surface area contributed by atoms with Crippen molar-refractivity contribution in [3.8, 4) is 0 Å². The lowest BCUT2D eigenvalue weighted by atomic mass is 9.89. The molecule has 2 fully saturated rings. The molecule has 1 saturated carbocycles. The van der Waals surface area contributed by atoms with Gasteiger partial charge in [-0.3, -0.25) is 4.79 Å². The van der Waals surface area contributed by atoms with E-state index in [1.165, 1.54) is 12.8 Å². The van der Waals surface area contributed by atoms with Gasteiger partial charge in [-0.25, -0.2) is 0 Å².